The number of alkyl halides is 3. The van der Waals surface area contributed by atoms with E-state index < -0.39 is 23.7 Å². The molecule has 2 heterocycles. The van der Waals surface area contributed by atoms with Crippen molar-refractivity contribution in [3.63, 3.8) is 0 Å². The monoisotopic (exact) mass is 546 g/mol. The van der Waals surface area contributed by atoms with Gasteiger partial charge in [0.2, 0.25) is 5.91 Å². The predicted octanol–water partition coefficient (Wildman–Crippen LogP) is 4.73. The number of hydrogen-bond acceptors (Lipinski definition) is 6. The molecule has 4 rings (SSSR count). The van der Waals surface area contributed by atoms with Crippen LogP contribution in [-0.2, 0) is 11.0 Å². The first-order chi connectivity index (χ1) is 18.6. The summed E-state index contributed by atoms with van der Waals surface area (Å²) in [5, 5.41) is 8.67. The lowest BCUT2D eigenvalue weighted by Gasteiger charge is -2.35. The molecule has 0 bridgehead atoms. The molecule has 1 aromatic heterocycles. The first-order valence-electron chi connectivity index (χ1n) is 13.4. The van der Waals surface area contributed by atoms with Crippen LogP contribution in [0.4, 0.5) is 30.4 Å². The third-order valence-corrected chi connectivity index (χ3v) is 7.86. The zero-order valence-electron chi connectivity index (χ0n) is 22.6. The molecule has 1 saturated carbocycles. The van der Waals surface area contributed by atoms with Crippen LogP contribution < -0.4 is 16.0 Å². The van der Waals surface area contributed by atoms with Crippen LogP contribution in [0.2, 0.25) is 0 Å². The van der Waals surface area contributed by atoms with Crippen LogP contribution in [0, 0.1) is 5.92 Å². The number of carbonyl (C=O) groups excluding carboxylic acids is 2. The number of hydrogen-bond donors (Lipinski definition) is 3. The first-order valence-corrected chi connectivity index (χ1v) is 13.4. The van der Waals surface area contributed by atoms with E-state index in [1.165, 1.54) is 13.1 Å². The van der Waals surface area contributed by atoms with Crippen LogP contribution in [0.3, 0.4) is 0 Å². The van der Waals surface area contributed by atoms with E-state index in [1.807, 2.05) is 7.05 Å². The lowest BCUT2D eigenvalue weighted by molar-refractivity contribution is -0.137. The number of nitrogens with one attached hydrogen (secondary N) is 3. The zero-order chi connectivity index (χ0) is 28.2. The van der Waals surface area contributed by atoms with Crippen molar-refractivity contribution in [1.82, 2.24) is 20.1 Å². The van der Waals surface area contributed by atoms with Gasteiger partial charge in [0.25, 0.3) is 5.91 Å². The fourth-order valence-corrected chi connectivity index (χ4v) is 5.47. The Morgan fingerprint density at radius 1 is 1.05 bits per heavy atom. The minimum Gasteiger partial charge on any atom is -0.381 e. The van der Waals surface area contributed by atoms with E-state index in [9.17, 15) is 22.8 Å². The summed E-state index contributed by atoms with van der Waals surface area (Å²) in [5.74, 6) is -0.426. The normalized spacial score (nSPS) is 20.8. The zero-order valence-corrected chi connectivity index (χ0v) is 22.6. The van der Waals surface area contributed by atoms with Crippen LogP contribution in [0.15, 0.2) is 36.5 Å². The molecule has 0 radical (unpaired) electrons. The number of anilines is 3. The fraction of sp³-hybridized carbons (Fsp3) is 0.536. The summed E-state index contributed by atoms with van der Waals surface area (Å²) in [5.41, 5.74) is 0.134. The van der Waals surface area contributed by atoms with Gasteiger partial charge in [-0.15, -0.1) is 0 Å². The van der Waals surface area contributed by atoms with Gasteiger partial charge in [-0.25, -0.2) is 4.98 Å². The number of benzene rings is 1. The third kappa shape index (κ3) is 7.00. The van der Waals surface area contributed by atoms with E-state index in [0.717, 1.165) is 45.0 Å². The van der Waals surface area contributed by atoms with Crippen LogP contribution in [0.1, 0.15) is 54.4 Å². The van der Waals surface area contributed by atoms with E-state index in [1.54, 1.807) is 29.2 Å². The van der Waals surface area contributed by atoms with Crippen molar-refractivity contribution in [3.05, 3.63) is 47.7 Å². The molecule has 1 aliphatic heterocycles. The molecular formula is C28H37F3N6O2. The van der Waals surface area contributed by atoms with Crippen LogP contribution in [0.25, 0.3) is 0 Å². The first kappa shape index (κ1) is 28.7. The standard InChI is InChI=1S/C28H37F3N6O2/c1-32-26(38)21-6-4-5-7-23(21)35-24-16-25(33-17-22(24)28(29,30)31)34-19-10-8-18(9-11-19)27(39)37(3)20-12-14-36(2)15-13-20/h8-11,16-17,20-21,23H,4-7,12-15H2,1-3H3,(H,32,38)(H2,33,34,35)/t21-,23+/m0/s1. The Morgan fingerprint density at radius 2 is 1.72 bits per heavy atom. The van der Waals surface area contributed by atoms with E-state index in [0.29, 0.717) is 24.1 Å². The Bertz CT molecular complexity index is 1150. The lowest BCUT2D eigenvalue weighted by Crippen LogP contribution is -2.44. The van der Waals surface area contributed by atoms with Gasteiger partial charge in [-0.05, 0) is 70.1 Å². The Balaban J connectivity index is 1.49. The maximum atomic E-state index is 13.8. The molecule has 2 aliphatic rings. The highest BCUT2D eigenvalue weighted by Crippen LogP contribution is 2.38. The number of piperidine rings is 1. The second-order valence-electron chi connectivity index (χ2n) is 10.5. The molecule has 1 aromatic carbocycles. The quantitative estimate of drug-likeness (QED) is 0.466. The number of aromatic nitrogens is 1. The molecule has 2 aromatic rings. The van der Waals surface area contributed by atoms with Crippen molar-refractivity contribution in [2.24, 2.45) is 5.92 Å². The summed E-state index contributed by atoms with van der Waals surface area (Å²) >= 11 is 0. The van der Waals surface area contributed by atoms with Crippen molar-refractivity contribution in [2.75, 3.05) is 44.9 Å². The molecule has 2 fully saturated rings. The molecule has 2 amide bonds. The number of rotatable bonds is 7. The summed E-state index contributed by atoms with van der Waals surface area (Å²) in [6, 6.07) is 7.94. The lowest BCUT2D eigenvalue weighted by atomic mass is 9.83. The maximum absolute atomic E-state index is 13.8. The largest absolute Gasteiger partial charge is 0.419 e. The van der Waals surface area contributed by atoms with Gasteiger partial charge in [-0.1, -0.05) is 12.8 Å². The Kier molecular flexibility index (Phi) is 8.99. The molecular weight excluding hydrogens is 509 g/mol. The predicted molar refractivity (Wildman–Crippen MR) is 145 cm³/mol. The summed E-state index contributed by atoms with van der Waals surface area (Å²) in [6.45, 7) is 1.91. The number of pyridine rings is 1. The van der Waals surface area contributed by atoms with Gasteiger partial charge >= 0.3 is 6.18 Å². The second-order valence-corrected chi connectivity index (χ2v) is 10.5. The fourth-order valence-electron chi connectivity index (χ4n) is 5.47. The molecule has 0 spiro atoms. The molecule has 11 heteroatoms. The van der Waals surface area contributed by atoms with Crippen molar-refractivity contribution >= 4 is 29.0 Å². The van der Waals surface area contributed by atoms with E-state index in [2.05, 4.69) is 32.9 Å². The van der Waals surface area contributed by atoms with Gasteiger partial charge in [0, 0.05) is 49.7 Å². The van der Waals surface area contributed by atoms with Gasteiger partial charge in [0.1, 0.15) is 5.82 Å². The van der Waals surface area contributed by atoms with Crippen LogP contribution >= 0.6 is 0 Å². The highest BCUT2D eigenvalue weighted by atomic mass is 19.4. The van der Waals surface area contributed by atoms with E-state index in [-0.39, 0.29) is 29.4 Å². The average Bonchev–Trinajstić information content (AvgIpc) is 2.92. The molecule has 8 nitrogen and oxygen atoms in total. The maximum Gasteiger partial charge on any atom is 0.419 e. The topological polar surface area (TPSA) is 89.6 Å². The Labute approximate surface area is 227 Å². The highest BCUT2D eigenvalue weighted by Gasteiger charge is 2.37. The van der Waals surface area contributed by atoms with Crippen LogP contribution in [-0.4, -0.2) is 72.9 Å². The van der Waals surface area contributed by atoms with Gasteiger partial charge in [0.05, 0.1) is 17.2 Å². The molecule has 39 heavy (non-hydrogen) atoms. The van der Waals surface area contributed by atoms with Crippen molar-refractivity contribution < 1.29 is 22.8 Å². The van der Waals surface area contributed by atoms with Crippen molar-refractivity contribution in [1.29, 1.82) is 0 Å². The minimum absolute atomic E-state index is 0.0617. The number of likely N-dealkylation sites (tertiary alicyclic amines) is 1. The van der Waals surface area contributed by atoms with Gasteiger partial charge in [-0.3, -0.25) is 9.59 Å². The number of nitrogens with zero attached hydrogens (tertiary/aromatic N) is 3. The van der Waals surface area contributed by atoms with Gasteiger partial charge < -0.3 is 25.8 Å². The second kappa shape index (κ2) is 12.2. The SMILES string of the molecule is CNC(=O)[C@H]1CCCC[C@H]1Nc1cc(Nc2ccc(C(=O)N(C)C3CCN(C)CC3)cc2)ncc1C(F)(F)F. The van der Waals surface area contributed by atoms with Gasteiger partial charge in [0.15, 0.2) is 0 Å². The summed E-state index contributed by atoms with van der Waals surface area (Å²) in [7, 11) is 5.44. The number of amides is 2. The summed E-state index contributed by atoms with van der Waals surface area (Å²) in [6.07, 6.45) is 0.968. The third-order valence-electron chi connectivity index (χ3n) is 7.86. The smallest absolute Gasteiger partial charge is 0.381 e. The minimum atomic E-state index is -4.60. The van der Waals surface area contributed by atoms with Gasteiger partial charge in [-0.2, -0.15) is 13.2 Å². The Hall–Kier alpha value is -3.34. The van der Waals surface area contributed by atoms with Crippen molar-refractivity contribution in [2.45, 2.75) is 56.8 Å². The molecule has 1 saturated heterocycles. The van der Waals surface area contributed by atoms with E-state index >= 15 is 0 Å². The summed E-state index contributed by atoms with van der Waals surface area (Å²) < 4.78 is 41.4. The highest BCUT2D eigenvalue weighted by molar-refractivity contribution is 5.94. The van der Waals surface area contributed by atoms with Crippen LogP contribution in [0.5, 0.6) is 0 Å². The van der Waals surface area contributed by atoms with Crippen molar-refractivity contribution in [3.8, 4) is 0 Å². The molecule has 212 valence electrons. The molecule has 1 aliphatic carbocycles. The molecule has 2 atom stereocenters. The molecule has 0 unspecified atom stereocenters. The van der Waals surface area contributed by atoms with E-state index in [4.69, 9.17) is 0 Å². The number of carbonyl (C=O) groups is 2. The average molecular weight is 547 g/mol. The summed E-state index contributed by atoms with van der Waals surface area (Å²) in [4.78, 5) is 33.4. The molecule has 3 N–H and O–H groups in total. The Morgan fingerprint density at radius 3 is 2.36 bits per heavy atom. The number of halogens is 3.